The lowest BCUT2D eigenvalue weighted by Crippen LogP contribution is -2.59. The first-order valence-electron chi connectivity index (χ1n) is 9.98. The normalized spacial score (nSPS) is 16.1. The molecule has 7 nitrogen and oxygen atoms in total. The molecule has 0 radical (unpaired) electrons. The fourth-order valence-corrected chi connectivity index (χ4v) is 3.77. The van der Waals surface area contributed by atoms with Gasteiger partial charge in [0.1, 0.15) is 11.4 Å². The Labute approximate surface area is 173 Å². The Bertz CT molecular complexity index is 1070. The fraction of sp³-hybridized carbons (Fsp3) is 0.364. The zero-order valence-corrected chi connectivity index (χ0v) is 16.7. The molecule has 3 aromatic rings. The van der Waals surface area contributed by atoms with Crippen molar-refractivity contribution in [2.45, 2.75) is 44.2 Å². The van der Waals surface area contributed by atoms with E-state index in [9.17, 15) is 14.3 Å². The van der Waals surface area contributed by atoms with E-state index in [0.717, 1.165) is 30.2 Å². The highest BCUT2D eigenvalue weighted by atomic mass is 19.1. The molecule has 0 aliphatic heterocycles. The van der Waals surface area contributed by atoms with Crippen LogP contribution in [0.1, 0.15) is 30.4 Å². The summed E-state index contributed by atoms with van der Waals surface area (Å²) in [5.41, 5.74) is 7.67. The quantitative estimate of drug-likeness (QED) is 0.477. The van der Waals surface area contributed by atoms with Gasteiger partial charge in [0.05, 0.1) is 23.6 Å². The standard InChI is InChI=1S/C22H25FN4O3/c1-13-11-26-20-19(13)18(5-8-25-20)30-17-4-3-14(9-15(17)23)10-16(24)21(29)27-22(12-28)6-2-7-22/h3-5,8-9,11,16,28H,2,6-7,10,12,24H2,1H3,(H,25,26)(H,27,29)/t16-/m0/s1. The first kappa shape index (κ1) is 20.3. The number of carbonyl (C=O) groups is 1. The van der Waals surface area contributed by atoms with Crippen LogP contribution in [-0.4, -0.2) is 39.2 Å². The van der Waals surface area contributed by atoms with Crippen LogP contribution >= 0.6 is 0 Å². The van der Waals surface area contributed by atoms with Gasteiger partial charge in [0.15, 0.2) is 11.6 Å². The number of aliphatic hydroxyl groups is 1. The van der Waals surface area contributed by atoms with E-state index in [1.165, 1.54) is 12.1 Å². The lowest BCUT2D eigenvalue weighted by atomic mass is 9.77. The van der Waals surface area contributed by atoms with E-state index in [-0.39, 0.29) is 24.7 Å². The van der Waals surface area contributed by atoms with E-state index >= 15 is 0 Å². The number of benzene rings is 1. The van der Waals surface area contributed by atoms with Gasteiger partial charge in [0, 0.05) is 12.4 Å². The van der Waals surface area contributed by atoms with E-state index in [4.69, 9.17) is 10.5 Å². The molecule has 0 unspecified atom stereocenters. The van der Waals surface area contributed by atoms with Crippen molar-refractivity contribution in [3.63, 3.8) is 0 Å². The van der Waals surface area contributed by atoms with Crippen molar-refractivity contribution in [3.8, 4) is 11.5 Å². The number of rotatable bonds is 7. The first-order valence-corrected chi connectivity index (χ1v) is 9.98. The molecule has 1 aromatic carbocycles. The molecule has 0 bridgehead atoms. The van der Waals surface area contributed by atoms with Crippen molar-refractivity contribution in [2.75, 3.05) is 6.61 Å². The molecular formula is C22H25FN4O3. The molecule has 4 rings (SSSR count). The number of nitrogens with one attached hydrogen (secondary N) is 2. The summed E-state index contributed by atoms with van der Waals surface area (Å²) in [7, 11) is 0. The number of ether oxygens (including phenoxy) is 1. The summed E-state index contributed by atoms with van der Waals surface area (Å²) in [6.07, 6.45) is 6.05. The Morgan fingerprint density at radius 1 is 1.40 bits per heavy atom. The van der Waals surface area contributed by atoms with Gasteiger partial charge in [-0.2, -0.15) is 0 Å². The third-order valence-corrected chi connectivity index (χ3v) is 5.74. The van der Waals surface area contributed by atoms with Crippen molar-refractivity contribution < 1.29 is 19.0 Å². The highest BCUT2D eigenvalue weighted by Crippen LogP contribution is 2.33. The van der Waals surface area contributed by atoms with Crippen molar-refractivity contribution in [1.29, 1.82) is 0 Å². The minimum atomic E-state index is -0.831. The summed E-state index contributed by atoms with van der Waals surface area (Å²) in [6, 6.07) is 5.41. The van der Waals surface area contributed by atoms with E-state index in [2.05, 4.69) is 15.3 Å². The maximum atomic E-state index is 14.7. The fourth-order valence-electron chi connectivity index (χ4n) is 3.77. The number of pyridine rings is 1. The number of aromatic amines is 1. The summed E-state index contributed by atoms with van der Waals surface area (Å²) >= 11 is 0. The third kappa shape index (κ3) is 3.88. The van der Waals surface area contributed by atoms with Crippen LogP contribution in [0.15, 0.2) is 36.7 Å². The molecule has 1 amide bonds. The summed E-state index contributed by atoms with van der Waals surface area (Å²) in [5.74, 6) is -0.287. The van der Waals surface area contributed by atoms with Crippen molar-refractivity contribution >= 4 is 16.9 Å². The van der Waals surface area contributed by atoms with Crippen molar-refractivity contribution in [1.82, 2.24) is 15.3 Å². The second-order valence-corrected chi connectivity index (χ2v) is 7.96. The minimum Gasteiger partial charge on any atom is -0.453 e. The number of amides is 1. The predicted octanol–water partition coefficient (Wildman–Crippen LogP) is 2.70. The van der Waals surface area contributed by atoms with Crippen LogP contribution in [-0.2, 0) is 11.2 Å². The zero-order chi connectivity index (χ0) is 21.3. The molecule has 2 heterocycles. The van der Waals surface area contributed by atoms with E-state index in [0.29, 0.717) is 17.0 Å². The SMILES string of the molecule is Cc1c[nH]c2nccc(Oc3ccc(C[C@H](N)C(=O)NC4(CO)CCC4)cc3F)c12. The molecule has 0 spiro atoms. The molecule has 0 saturated heterocycles. The summed E-state index contributed by atoms with van der Waals surface area (Å²) in [4.78, 5) is 19.6. The van der Waals surface area contributed by atoms with Crippen molar-refractivity contribution in [3.05, 3.63) is 53.6 Å². The number of nitrogens with zero attached hydrogens (tertiary/aromatic N) is 1. The highest BCUT2D eigenvalue weighted by molar-refractivity contribution is 5.86. The van der Waals surface area contributed by atoms with Gasteiger partial charge in [-0.1, -0.05) is 6.07 Å². The van der Waals surface area contributed by atoms with Crippen LogP contribution in [0.5, 0.6) is 11.5 Å². The molecule has 30 heavy (non-hydrogen) atoms. The van der Waals surface area contributed by atoms with Gasteiger partial charge in [-0.25, -0.2) is 9.37 Å². The molecule has 158 valence electrons. The monoisotopic (exact) mass is 412 g/mol. The Hall–Kier alpha value is -2.97. The molecule has 1 atom stereocenters. The Balaban J connectivity index is 1.45. The Morgan fingerprint density at radius 2 is 2.20 bits per heavy atom. The van der Waals surface area contributed by atoms with Crippen LogP contribution in [0.4, 0.5) is 4.39 Å². The van der Waals surface area contributed by atoms with Crippen LogP contribution in [0.25, 0.3) is 11.0 Å². The number of aromatic nitrogens is 2. The largest absolute Gasteiger partial charge is 0.453 e. The Kier molecular flexibility index (Phi) is 5.44. The number of carbonyl (C=O) groups excluding carboxylic acids is 1. The average Bonchev–Trinajstić information content (AvgIpc) is 3.08. The third-order valence-electron chi connectivity index (χ3n) is 5.74. The van der Waals surface area contributed by atoms with E-state index in [1.807, 2.05) is 13.1 Å². The number of aryl methyl sites for hydroxylation is 1. The van der Waals surface area contributed by atoms with Gasteiger partial charge in [0.2, 0.25) is 5.91 Å². The predicted molar refractivity (Wildman–Crippen MR) is 111 cm³/mol. The molecule has 1 saturated carbocycles. The number of aliphatic hydroxyl groups excluding tert-OH is 1. The van der Waals surface area contributed by atoms with Crippen LogP contribution in [0.3, 0.4) is 0 Å². The lowest BCUT2D eigenvalue weighted by Gasteiger charge is -2.41. The topological polar surface area (TPSA) is 113 Å². The highest BCUT2D eigenvalue weighted by Gasteiger charge is 2.38. The van der Waals surface area contributed by atoms with Crippen LogP contribution in [0.2, 0.25) is 0 Å². The van der Waals surface area contributed by atoms with Gasteiger partial charge >= 0.3 is 0 Å². The maximum Gasteiger partial charge on any atom is 0.237 e. The number of nitrogens with two attached hydrogens (primary N) is 1. The first-order chi connectivity index (χ1) is 14.4. The number of hydrogen-bond donors (Lipinski definition) is 4. The second kappa shape index (κ2) is 8.04. The molecule has 8 heteroatoms. The second-order valence-electron chi connectivity index (χ2n) is 7.96. The van der Waals surface area contributed by atoms with Crippen molar-refractivity contribution in [2.24, 2.45) is 5.73 Å². The smallest absolute Gasteiger partial charge is 0.237 e. The van der Waals surface area contributed by atoms with Gasteiger partial charge in [-0.3, -0.25) is 4.79 Å². The number of halogens is 1. The summed E-state index contributed by atoms with van der Waals surface area (Å²) in [6.45, 7) is 1.82. The van der Waals surface area contributed by atoms with Gasteiger partial charge in [-0.15, -0.1) is 0 Å². The molecule has 1 aliphatic carbocycles. The van der Waals surface area contributed by atoms with Gasteiger partial charge in [0.25, 0.3) is 0 Å². The summed E-state index contributed by atoms with van der Waals surface area (Å²) in [5, 5.41) is 13.1. The molecular weight excluding hydrogens is 387 g/mol. The number of hydrogen-bond acceptors (Lipinski definition) is 5. The molecule has 1 aliphatic rings. The molecule has 1 fully saturated rings. The number of fused-ring (bicyclic) bond motifs is 1. The van der Waals surface area contributed by atoms with E-state index in [1.54, 1.807) is 18.3 Å². The van der Waals surface area contributed by atoms with Crippen LogP contribution < -0.4 is 15.8 Å². The zero-order valence-electron chi connectivity index (χ0n) is 16.7. The van der Waals surface area contributed by atoms with E-state index < -0.39 is 17.4 Å². The molecule has 2 aromatic heterocycles. The molecule has 5 N–H and O–H groups in total. The lowest BCUT2D eigenvalue weighted by molar-refractivity contribution is -0.126. The van der Waals surface area contributed by atoms with Crippen LogP contribution in [0, 0.1) is 12.7 Å². The minimum absolute atomic E-state index is 0.0820. The summed E-state index contributed by atoms with van der Waals surface area (Å²) < 4.78 is 20.5. The Morgan fingerprint density at radius 3 is 2.87 bits per heavy atom. The number of H-pyrrole nitrogens is 1. The average molecular weight is 412 g/mol. The maximum absolute atomic E-state index is 14.7. The van der Waals surface area contributed by atoms with Gasteiger partial charge < -0.3 is 25.9 Å². The van der Waals surface area contributed by atoms with Gasteiger partial charge in [-0.05, 0) is 61.9 Å².